The van der Waals surface area contributed by atoms with E-state index in [2.05, 4.69) is 5.32 Å². The molecule has 0 amide bonds. The van der Waals surface area contributed by atoms with Crippen LogP contribution in [0.5, 0.6) is 0 Å². The van der Waals surface area contributed by atoms with Gasteiger partial charge >= 0.3 is 5.97 Å². The second-order valence-corrected chi connectivity index (χ2v) is 4.54. The van der Waals surface area contributed by atoms with Crippen molar-refractivity contribution in [2.45, 2.75) is 19.9 Å². The smallest absolute Gasteiger partial charge is 0.320 e. The summed E-state index contributed by atoms with van der Waals surface area (Å²) in [5.74, 6) is -2.73. The van der Waals surface area contributed by atoms with Crippen LogP contribution in [0.4, 0.5) is 8.78 Å². The van der Waals surface area contributed by atoms with Crippen molar-refractivity contribution in [3.8, 4) is 0 Å². The van der Waals surface area contributed by atoms with E-state index in [1.54, 1.807) is 12.2 Å². The molecular weight excluding hydrogens is 252 g/mol. The molecule has 1 aromatic carbocycles. The number of hydrogen-bond donors (Lipinski definition) is 2. The Morgan fingerprint density at radius 3 is 2.58 bits per heavy atom. The number of carboxylic acid groups (broad SMARTS) is 1. The zero-order valence-corrected chi connectivity index (χ0v) is 10.9. The van der Waals surface area contributed by atoms with E-state index < -0.39 is 23.6 Å². The van der Waals surface area contributed by atoms with Crippen LogP contribution in [0.3, 0.4) is 0 Å². The fourth-order valence-electron chi connectivity index (χ4n) is 1.61. The van der Waals surface area contributed by atoms with E-state index in [9.17, 15) is 13.6 Å². The summed E-state index contributed by atoms with van der Waals surface area (Å²) in [6, 6.07) is 2.96. The molecule has 1 aromatic rings. The number of rotatable bonds is 6. The van der Waals surface area contributed by atoms with E-state index in [1.807, 2.05) is 13.8 Å². The molecule has 0 aliphatic carbocycles. The van der Waals surface area contributed by atoms with E-state index in [-0.39, 0.29) is 5.92 Å². The third-order valence-corrected chi connectivity index (χ3v) is 2.64. The minimum atomic E-state index is -0.906. The van der Waals surface area contributed by atoms with Crippen molar-refractivity contribution in [1.29, 1.82) is 0 Å². The number of halogens is 2. The minimum Gasteiger partial charge on any atom is -0.480 e. The van der Waals surface area contributed by atoms with Crippen molar-refractivity contribution >= 4 is 12.0 Å². The van der Waals surface area contributed by atoms with Crippen LogP contribution in [0.25, 0.3) is 6.08 Å². The molecule has 1 atom stereocenters. The van der Waals surface area contributed by atoms with Crippen LogP contribution in [0, 0.1) is 17.6 Å². The molecule has 0 aliphatic heterocycles. The first-order valence-electron chi connectivity index (χ1n) is 5.99. The zero-order valence-electron chi connectivity index (χ0n) is 10.9. The van der Waals surface area contributed by atoms with Gasteiger partial charge in [-0.3, -0.25) is 4.79 Å². The molecule has 0 aliphatic rings. The molecule has 0 spiro atoms. The molecule has 3 nitrogen and oxygen atoms in total. The first-order chi connectivity index (χ1) is 8.91. The van der Waals surface area contributed by atoms with Gasteiger partial charge in [-0.25, -0.2) is 8.78 Å². The van der Waals surface area contributed by atoms with Gasteiger partial charge in [-0.1, -0.05) is 32.1 Å². The van der Waals surface area contributed by atoms with Gasteiger partial charge in [-0.2, -0.15) is 0 Å². The average Bonchev–Trinajstić information content (AvgIpc) is 2.32. The van der Waals surface area contributed by atoms with E-state index in [0.29, 0.717) is 12.1 Å². The van der Waals surface area contributed by atoms with E-state index in [4.69, 9.17) is 5.11 Å². The maximum absolute atomic E-state index is 12.9. The Balaban J connectivity index is 2.54. The molecule has 104 valence electrons. The molecule has 0 aromatic heterocycles. The van der Waals surface area contributed by atoms with E-state index >= 15 is 0 Å². The lowest BCUT2D eigenvalue weighted by atomic mass is 10.1. The van der Waals surface area contributed by atoms with Crippen molar-refractivity contribution in [2.24, 2.45) is 5.92 Å². The lowest BCUT2D eigenvalue weighted by Crippen LogP contribution is -2.40. The number of carboxylic acids is 1. The van der Waals surface area contributed by atoms with Crippen LogP contribution in [0.15, 0.2) is 24.3 Å². The lowest BCUT2D eigenvalue weighted by molar-refractivity contribution is -0.140. The highest BCUT2D eigenvalue weighted by atomic mass is 19.2. The largest absolute Gasteiger partial charge is 0.480 e. The van der Waals surface area contributed by atoms with E-state index in [1.165, 1.54) is 6.07 Å². The summed E-state index contributed by atoms with van der Waals surface area (Å²) >= 11 is 0. The Morgan fingerprint density at radius 1 is 1.37 bits per heavy atom. The fourth-order valence-corrected chi connectivity index (χ4v) is 1.61. The van der Waals surface area contributed by atoms with Crippen molar-refractivity contribution in [2.75, 3.05) is 6.54 Å². The maximum atomic E-state index is 12.9. The summed E-state index contributed by atoms with van der Waals surface area (Å²) in [4.78, 5) is 10.9. The Labute approximate surface area is 110 Å². The molecule has 0 saturated carbocycles. The summed E-state index contributed by atoms with van der Waals surface area (Å²) in [6.45, 7) is 3.96. The summed E-state index contributed by atoms with van der Waals surface area (Å²) in [6.07, 6.45) is 3.28. The molecule has 0 unspecified atom stereocenters. The summed E-state index contributed by atoms with van der Waals surface area (Å²) in [5, 5.41) is 11.8. The molecule has 0 fully saturated rings. The molecule has 0 radical (unpaired) electrons. The fraction of sp³-hybridized carbons (Fsp3) is 0.357. The highest BCUT2D eigenvalue weighted by Gasteiger charge is 2.19. The first kappa shape index (κ1) is 15.3. The summed E-state index contributed by atoms with van der Waals surface area (Å²) in [5.41, 5.74) is 0.525. The summed E-state index contributed by atoms with van der Waals surface area (Å²) in [7, 11) is 0. The second-order valence-electron chi connectivity index (χ2n) is 4.54. The third-order valence-electron chi connectivity index (χ3n) is 2.64. The van der Waals surface area contributed by atoms with Crippen molar-refractivity contribution in [3.63, 3.8) is 0 Å². The normalized spacial score (nSPS) is 13.1. The number of hydrogen-bond acceptors (Lipinski definition) is 2. The highest BCUT2D eigenvalue weighted by molar-refractivity contribution is 5.73. The number of aliphatic carboxylic acids is 1. The standard InChI is InChI=1S/C14H17F2NO2/c1-9(2)13(14(18)19)17-7-3-4-10-5-6-11(15)12(16)8-10/h3-6,8-9,13,17H,7H2,1-2H3,(H,18,19)/b4-3+/t13-/m1/s1. The first-order valence-corrected chi connectivity index (χ1v) is 5.99. The van der Waals surface area contributed by atoms with Gasteiger partial charge in [-0.05, 0) is 23.6 Å². The van der Waals surface area contributed by atoms with Crippen LogP contribution >= 0.6 is 0 Å². The second kappa shape index (κ2) is 6.99. The highest BCUT2D eigenvalue weighted by Crippen LogP contribution is 2.09. The molecule has 5 heteroatoms. The SMILES string of the molecule is CC(C)[C@@H](NC/C=C/c1ccc(F)c(F)c1)C(=O)O. The minimum absolute atomic E-state index is 0.0332. The van der Waals surface area contributed by atoms with Gasteiger partial charge in [0, 0.05) is 6.54 Å². The lowest BCUT2D eigenvalue weighted by Gasteiger charge is -2.16. The molecule has 2 N–H and O–H groups in total. The van der Waals surface area contributed by atoms with Crippen LogP contribution in [-0.2, 0) is 4.79 Å². The van der Waals surface area contributed by atoms with Gasteiger partial charge in [0.15, 0.2) is 11.6 Å². The molecule has 0 heterocycles. The third kappa shape index (κ3) is 4.79. The summed E-state index contributed by atoms with van der Waals surface area (Å²) < 4.78 is 25.6. The van der Waals surface area contributed by atoms with E-state index in [0.717, 1.165) is 12.1 Å². The molecule has 1 rings (SSSR count). The monoisotopic (exact) mass is 269 g/mol. The molecule has 0 bridgehead atoms. The van der Waals surface area contributed by atoms with Crippen LogP contribution < -0.4 is 5.32 Å². The number of benzene rings is 1. The number of nitrogens with one attached hydrogen (secondary N) is 1. The molecular formula is C14H17F2NO2. The predicted molar refractivity (Wildman–Crippen MR) is 69.7 cm³/mol. The average molecular weight is 269 g/mol. The van der Waals surface area contributed by atoms with Gasteiger partial charge in [0.05, 0.1) is 0 Å². The Hall–Kier alpha value is -1.75. The predicted octanol–water partition coefficient (Wildman–Crippen LogP) is 2.68. The Morgan fingerprint density at radius 2 is 2.05 bits per heavy atom. The van der Waals surface area contributed by atoms with Crippen LogP contribution in [-0.4, -0.2) is 23.7 Å². The zero-order chi connectivity index (χ0) is 14.4. The van der Waals surface area contributed by atoms with Gasteiger partial charge < -0.3 is 10.4 Å². The van der Waals surface area contributed by atoms with Crippen molar-refractivity contribution < 1.29 is 18.7 Å². The topological polar surface area (TPSA) is 49.3 Å². The quantitative estimate of drug-likeness (QED) is 0.834. The molecule has 19 heavy (non-hydrogen) atoms. The van der Waals surface area contributed by atoms with Crippen LogP contribution in [0.2, 0.25) is 0 Å². The Bertz CT molecular complexity index is 473. The van der Waals surface area contributed by atoms with Gasteiger partial charge in [0.1, 0.15) is 6.04 Å². The van der Waals surface area contributed by atoms with Crippen molar-refractivity contribution in [3.05, 3.63) is 41.5 Å². The Kier molecular flexibility index (Phi) is 5.63. The number of carbonyl (C=O) groups is 1. The van der Waals surface area contributed by atoms with Gasteiger partial charge in [-0.15, -0.1) is 0 Å². The van der Waals surface area contributed by atoms with Crippen molar-refractivity contribution in [1.82, 2.24) is 5.32 Å². The van der Waals surface area contributed by atoms with Gasteiger partial charge in [0.25, 0.3) is 0 Å². The van der Waals surface area contributed by atoms with Gasteiger partial charge in [0.2, 0.25) is 0 Å². The van der Waals surface area contributed by atoms with Crippen LogP contribution in [0.1, 0.15) is 19.4 Å². The molecule has 0 saturated heterocycles. The maximum Gasteiger partial charge on any atom is 0.320 e.